The summed E-state index contributed by atoms with van der Waals surface area (Å²) < 4.78 is 62.5. The van der Waals surface area contributed by atoms with Crippen molar-refractivity contribution in [1.82, 2.24) is 4.31 Å². The molecule has 0 aliphatic heterocycles. The third-order valence-electron chi connectivity index (χ3n) is 2.01. The van der Waals surface area contributed by atoms with Gasteiger partial charge in [-0.25, -0.2) is 12.7 Å². The molecule has 0 radical (unpaired) electrons. The van der Waals surface area contributed by atoms with Crippen LogP contribution >= 0.6 is 15.9 Å². The molecule has 1 aromatic carbocycles. The molecule has 17 heavy (non-hydrogen) atoms. The van der Waals surface area contributed by atoms with E-state index in [9.17, 15) is 21.6 Å². The molecule has 96 valence electrons. The summed E-state index contributed by atoms with van der Waals surface area (Å²) in [5, 5.41) is 0. The van der Waals surface area contributed by atoms with Gasteiger partial charge in [-0.05, 0) is 18.2 Å². The second-order valence-corrected chi connectivity index (χ2v) is 6.46. The van der Waals surface area contributed by atoms with Crippen LogP contribution in [0.3, 0.4) is 0 Å². The first-order valence-electron chi connectivity index (χ1n) is 4.36. The average Bonchev–Trinajstić information content (AvgIpc) is 2.15. The van der Waals surface area contributed by atoms with Gasteiger partial charge in [0.25, 0.3) is 0 Å². The molecule has 0 saturated heterocycles. The normalized spacial score (nSPS) is 13.1. The molecule has 1 rings (SSSR count). The van der Waals surface area contributed by atoms with E-state index in [4.69, 9.17) is 0 Å². The summed E-state index contributed by atoms with van der Waals surface area (Å²) in [6.45, 7) is 0. The lowest BCUT2D eigenvalue weighted by molar-refractivity contribution is -0.139. The van der Waals surface area contributed by atoms with Gasteiger partial charge >= 0.3 is 6.18 Å². The molecule has 0 aromatic heterocycles. The van der Waals surface area contributed by atoms with E-state index in [1.807, 2.05) is 0 Å². The molecule has 0 spiro atoms. The van der Waals surface area contributed by atoms with Crippen LogP contribution in [0.15, 0.2) is 27.6 Å². The average molecular weight is 332 g/mol. The molecule has 0 heterocycles. The van der Waals surface area contributed by atoms with Crippen molar-refractivity contribution < 1.29 is 21.6 Å². The lowest BCUT2D eigenvalue weighted by Crippen LogP contribution is -2.25. The number of nitrogens with zero attached hydrogens (tertiary/aromatic N) is 1. The minimum absolute atomic E-state index is 0.269. The number of halogens is 4. The molecule has 0 amide bonds. The van der Waals surface area contributed by atoms with Gasteiger partial charge in [0.15, 0.2) is 0 Å². The van der Waals surface area contributed by atoms with Crippen LogP contribution in [-0.4, -0.2) is 26.8 Å². The van der Waals surface area contributed by atoms with Crippen molar-refractivity contribution >= 4 is 26.0 Å². The van der Waals surface area contributed by atoms with Gasteiger partial charge in [0.2, 0.25) is 10.0 Å². The number of alkyl halides is 3. The molecule has 8 heteroatoms. The van der Waals surface area contributed by atoms with Crippen LogP contribution in [0.5, 0.6) is 0 Å². The van der Waals surface area contributed by atoms with Crippen LogP contribution < -0.4 is 0 Å². The van der Waals surface area contributed by atoms with E-state index in [0.29, 0.717) is 0 Å². The zero-order chi connectivity index (χ0) is 13.4. The fourth-order valence-corrected chi connectivity index (χ4v) is 2.78. The topological polar surface area (TPSA) is 37.4 Å². The second-order valence-electron chi connectivity index (χ2n) is 3.43. The molecule has 0 saturated carbocycles. The lowest BCUT2D eigenvalue weighted by atomic mass is 10.2. The zero-order valence-electron chi connectivity index (χ0n) is 8.92. The maximum absolute atomic E-state index is 12.7. The first-order valence-corrected chi connectivity index (χ1v) is 6.59. The van der Waals surface area contributed by atoms with Gasteiger partial charge in [0, 0.05) is 18.6 Å². The number of rotatable bonds is 2. The van der Waals surface area contributed by atoms with Gasteiger partial charge in [-0.1, -0.05) is 15.9 Å². The Morgan fingerprint density at radius 1 is 1.24 bits per heavy atom. The van der Waals surface area contributed by atoms with E-state index in [0.717, 1.165) is 22.5 Å². The van der Waals surface area contributed by atoms with Crippen molar-refractivity contribution in [2.45, 2.75) is 11.1 Å². The van der Waals surface area contributed by atoms with Gasteiger partial charge in [0.1, 0.15) is 0 Å². The molecular weight excluding hydrogens is 323 g/mol. The Kier molecular flexibility index (Phi) is 3.90. The SMILES string of the molecule is CN(C)S(=O)(=O)c1cc(Br)ccc1C(F)(F)F. The maximum atomic E-state index is 12.7. The van der Waals surface area contributed by atoms with Gasteiger partial charge in [-0.2, -0.15) is 13.2 Å². The molecule has 0 fully saturated rings. The van der Waals surface area contributed by atoms with Gasteiger partial charge < -0.3 is 0 Å². The minimum Gasteiger partial charge on any atom is -0.207 e. The molecular formula is C9H9BrF3NO2S. The summed E-state index contributed by atoms with van der Waals surface area (Å²) in [6.07, 6.45) is -4.71. The summed E-state index contributed by atoms with van der Waals surface area (Å²) in [6, 6.07) is 2.83. The summed E-state index contributed by atoms with van der Waals surface area (Å²) in [5.41, 5.74) is -1.17. The van der Waals surface area contributed by atoms with Crippen LogP contribution in [0.4, 0.5) is 13.2 Å². The molecule has 0 atom stereocenters. The highest BCUT2D eigenvalue weighted by Gasteiger charge is 2.37. The predicted molar refractivity (Wildman–Crippen MR) is 60.0 cm³/mol. The molecule has 0 aliphatic carbocycles. The van der Waals surface area contributed by atoms with Crippen LogP contribution in [0, 0.1) is 0 Å². The third kappa shape index (κ3) is 2.99. The Morgan fingerprint density at radius 3 is 2.18 bits per heavy atom. The van der Waals surface area contributed by atoms with Gasteiger partial charge in [-0.15, -0.1) is 0 Å². The predicted octanol–water partition coefficient (Wildman–Crippen LogP) is 2.72. The van der Waals surface area contributed by atoms with E-state index in [1.54, 1.807) is 0 Å². The van der Waals surface area contributed by atoms with Crippen molar-refractivity contribution in [3.05, 3.63) is 28.2 Å². The minimum atomic E-state index is -4.71. The number of benzene rings is 1. The molecule has 0 aliphatic rings. The summed E-state index contributed by atoms with van der Waals surface area (Å²) in [5.74, 6) is 0. The maximum Gasteiger partial charge on any atom is 0.417 e. The molecule has 0 N–H and O–H groups in total. The van der Waals surface area contributed by atoms with Crippen LogP contribution in [0.2, 0.25) is 0 Å². The zero-order valence-corrected chi connectivity index (χ0v) is 11.3. The van der Waals surface area contributed by atoms with E-state index in [1.165, 1.54) is 14.1 Å². The Morgan fingerprint density at radius 2 is 1.76 bits per heavy atom. The summed E-state index contributed by atoms with van der Waals surface area (Å²) >= 11 is 2.95. The number of hydrogen-bond acceptors (Lipinski definition) is 2. The number of hydrogen-bond donors (Lipinski definition) is 0. The van der Waals surface area contributed by atoms with Crippen molar-refractivity contribution in [2.75, 3.05) is 14.1 Å². The molecule has 0 bridgehead atoms. The standard InChI is InChI=1S/C9H9BrF3NO2S/c1-14(2)17(15,16)8-5-6(10)3-4-7(8)9(11,12)13/h3-5H,1-2H3. The summed E-state index contributed by atoms with van der Waals surface area (Å²) in [4.78, 5) is -0.760. The Balaban J connectivity index is 3.58. The van der Waals surface area contributed by atoms with Crippen molar-refractivity contribution in [1.29, 1.82) is 0 Å². The molecule has 1 aromatic rings. The van der Waals surface area contributed by atoms with E-state index >= 15 is 0 Å². The highest BCUT2D eigenvalue weighted by molar-refractivity contribution is 9.10. The van der Waals surface area contributed by atoms with Crippen molar-refractivity contribution in [3.8, 4) is 0 Å². The quantitative estimate of drug-likeness (QED) is 0.835. The Labute approximate surface area is 105 Å². The van der Waals surface area contributed by atoms with Crippen molar-refractivity contribution in [3.63, 3.8) is 0 Å². The lowest BCUT2D eigenvalue weighted by Gasteiger charge is -2.17. The van der Waals surface area contributed by atoms with Gasteiger partial charge in [0.05, 0.1) is 10.5 Å². The summed E-state index contributed by atoms with van der Waals surface area (Å²) in [7, 11) is -1.78. The van der Waals surface area contributed by atoms with Crippen LogP contribution in [-0.2, 0) is 16.2 Å². The largest absolute Gasteiger partial charge is 0.417 e. The highest BCUT2D eigenvalue weighted by atomic mass is 79.9. The Hall–Kier alpha value is -0.600. The first kappa shape index (κ1) is 14.5. The fourth-order valence-electron chi connectivity index (χ4n) is 1.14. The van der Waals surface area contributed by atoms with E-state index in [2.05, 4.69) is 15.9 Å². The van der Waals surface area contributed by atoms with Gasteiger partial charge in [-0.3, -0.25) is 0 Å². The van der Waals surface area contributed by atoms with Crippen LogP contribution in [0.25, 0.3) is 0 Å². The smallest absolute Gasteiger partial charge is 0.207 e. The second kappa shape index (κ2) is 4.58. The van der Waals surface area contributed by atoms with Crippen molar-refractivity contribution in [2.24, 2.45) is 0 Å². The van der Waals surface area contributed by atoms with E-state index < -0.39 is 26.7 Å². The first-order chi connectivity index (χ1) is 7.56. The molecule has 0 unspecified atom stereocenters. The van der Waals surface area contributed by atoms with E-state index in [-0.39, 0.29) is 4.47 Å². The molecule has 3 nitrogen and oxygen atoms in total. The number of sulfonamides is 1. The third-order valence-corrected chi connectivity index (χ3v) is 4.36. The fraction of sp³-hybridized carbons (Fsp3) is 0.333. The van der Waals surface area contributed by atoms with Crippen LogP contribution in [0.1, 0.15) is 5.56 Å². The Bertz CT molecular complexity index is 526. The monoisotopic (exact) mass is 331 g/mol. The highest BCUT2D eigenvalue weighted by Crippen LogP contribution is 2.36.